The number of phenols is 1. The van der Waals surface area contributed by atoms with Crippen LogP contribution in [-0.4, -0.2) is 35.5 Å². The van der Waals surface area contributed by atoms with E-state index >= 15 is 0 Å². The van der Waals surface area contributed by atoms with Crippen molar-refractivity contribution >= 4 is 16.7 Å². The molecule has 25 heavy (non-hydrogen) atoms. The summed E-state index contributed by atoms with van der Waals surface area (Å²) >= 11 is 0. The summed E-state index contributed by atoms with van der Waals surface area (Å²) in [7, 11) is 3.43. The van der Waals surface area contributed by atoms with Gasteiger partial charge in [0.15, 0.2) is 5.82 Å². The minimum Gasteiger partial charge on any atom is -0.507 e. The lowest BCUT2D eigenvalue weighted by molar-refractivity contribution is -0.274. The lowest BCUT2D eigenvalue weighted by Crippen LogP contribution is -2.17. The second-order valence-electron chi connectivity index (χ2n) is 5.51. The first-order chi connectivity index (χ1) is 11.7. The summed E-state index contributed by atoms with van der Waals surface area (Å²) in [6.45, 7) is 0. The molecule has 0 atom stereocenters. The van der Waals surface area contributed by atoms with Gasteiger partial charge in [0.05, 0.1) is 11.1 Å². The number of hydrogen-bond acceptors (Lipinski definition) is 5. The number of nitrogens with zero attached hydrogens (tertiary/aromatic N) is 3. The fourth-order valence-electron chi connectivity index (χ4n) is 2.41. The summed E-state index contributed by atoms with van der Waals surface area (Å²) in [4.78, 5) is 10.4. The molecule has 0 saturated carbocycles. The van der Waals surface area contributed by atoms with E-state index in [0.29, 0.717) is 22.3 Å². The molecule has 0 saturated heterocycles. The fourth-order valence-corrected chi connectivity index (χ4v) is 2.41. The number of hydrogen-bond donors (Lipinski definition) is 1. The first-order valence-corrected chi connectivity index (χ1v) is 7.28. The third-order valence-electron chi connectivity index (χ3n) is 3.45. The minimum atomic E-state index is -4.78. The van der Waals surface area contributed by atoms with Crippen LogP contribution in [0.3, 0.4) is 0 Å². The molecule has 0 spiro atoms. The van der Waals surface area contributed by atoms with Crippen LogP contribution in [0.1, 0.15) is 0 Å². The van der Waals surface area contributed by atoms with Crippen molar-refractivity contribution in [2.75, 3.05) is 19.0 Å². The van der Waals surface area contributed by atoms with Gasteiger partial charge in [0.2, 0.25) is 0 Å². The smallest absolute Gasteiger partial charge is 0.507 e. The van der Waals surface area contributed by atoms with Crippen molar-refractivity contribution in [3.05, 3.63) is 42.5 Å². The summed E-state index contributed by atoms with van der Waals surface area (Å²) in [6.07, 6.45) is -4.78. The van der Waals surface area contributed by atoms with Gasteiger partial charge in [-0.2, -0.15) is 0 Å². The molecule has 0 aliphatic rings. The number of ether oxygens (including phenoxy) is 1. The molecule has 1 aromatic heterocycles. The van der Waals surface area contributed by atoms with Gasteiger partial charge in [0.25, 0.3) is 0 Å². The lowest BCUT2D eigenvalue weighted by atomic mass is 10.1. The standard InChI is InChI=1S/C17H14F3N3O2/c1-23(2)16-12-9-10(25-17(18,19)20)7-8-13(12)21-15(22-16)11-5-3-4-6-14(11)24/h3-9,24H,1-2H3. The largest absolute Gasteiger partial charge is 0.573 e. The lowest BCUT2D eigenvalue weighted by Gasteiger charge is -2.17. The van der Waals surface area contributed by atoms with E-state index in [1.54, 1.807) is 37.2 Å². The number of alkyl halides is 3. The van der Waals surface area contributed by atoms with Crippen molar-refractivity contribution in [2.24, 2.45) is 0 Å². The number of benzene rings is 2. The quantitative estimate of drug-likeness (QED) is 0.775. The van der Waals surface area contributed by atoms with Crippen LogP contribution in [0, 0.1) is 0 Å². The number of anilines is 1. The van der Waals surface area contributed by atoms with E-state index in [1.807, 2.05) is 0 Å². The zero-order chi connectivity index (χ0) is 18.2. The second-order valence-corrected chi connectivity index (χ2v) is 5.51. The van der Waals surface area contributed by atoms with Crippen molar-refractivity contribution in [3.63, 3.8) is 0 Å². The SMILES string of the molecule is CN(C)c1nc(-c2ccccc2O)nc2ccc(OC(F)(F)F)cc12. The van der Waals surface area contributed by atoms with Crippen molar-refractivity contribution in [3.8, 4) is 22.9 Å². The molecule has 0 aliphatic heterocycles. The van der Waals surface area contributed by atoms with E-state index in [0.717, 1.165) is 0 Å². The zero-order valence-electron chi connectivity index (χ0n) is 13.4. The van der Waals surface area contributed by atoms with Crippen LogP contribution < -0.4 is 9.64 Å². The van der Waals surface area contributed by atoms with Crippen LogP contribution in [0.25, 0.3) is 22.3 Å². The number of rotatable bonds is 3. The third kappa shape index (κ3) is 3.57. The van der Waals surface area contributed by atoms with Crippen molar-refractivity contribution < 1.29 is 23.0 Å². The molecular formula is C17H14F3N3O2. The van der Waals surface area contributed by atoms with Gasteiger partial charge in [-0.05, 0) is 30.3 Å². The van der Waals surface area contributed by atoms with E-state index in [1.165, 1.54) is 24.3 Å². The summed E-state index contributed by atoms with van der Waals surface area (Å²) in [6, 6.07) is 10.4. The van der Waals surface area contributed by atoms with Gasteiger partial charge >= 0.3 is 6.36 Å². The average molecular weight is 349 g/mol. The van der Waals surface area contributed by atoms with E-state index in [-0.39, 0.29) is 17.3 Å². The molecule has 0 radical (unpaired) electrons. The van der Waals surface area contributed by atoms with E-state index < -0.39 is 6.36 Å². The Bertz CT molecular complexity index is 927. The highest BCUT2D eigenvalue weighted by molar-refractivity contribution is 5.92. The molecule has 2 aromatic carbocycles. The first-order valence-electron chi connectivity index (χ1n) is 7.28. The van der Waals surface area contributed by atoms with Crippen LogP contribution in [0.15, 0.2) is 42.5 Å². The van der Waals surface area contributed by atoms with Gasteiger partial charge in [-0.1, -0.05) is 12.1 Å². The number of fused-ring (bicyclic) bond motifs is 1. The Morgan fingerprint density at radius 3 is 2.40 bits per heavy atom. The molecule has 5 nitrogen and oxygen atoms in total. The zero-order valence-corrected chi connectivity index (χ0v) is 13.4. The Morgan fingerprint density at radius 2 is 1.76 bits per heavy atom. The van der Waals surface area contributed by atoms with Crippen LogP contribution in [-0.2, 0) is 0 Å². The normalized spacial score (nSPS) is 11.6. The molecule has 0 fully saturated rings. The molecule has 0 amide bonds. The Balaban J connectivity index is 2.19. The van der Waals surface area contributed by atoms with E-state index in [2.05, 4.69) is 14.7 Å². The maximum Gasteiger partial charge on any atom is 0.573 e. The number of para-hydroxylation sites is 1. The summed E-state index contributed by atoms with van der Waals surface area (Å²) < 4.78 is 41.3. The average Bonchev–Trinajstić information content (AvgIpc) is 2.52. The molecule has 8 heteroatoms. The van der Waals surface area contributed by atoms with E-state index in [9.17, 15) is 18.3 Å². The summed E-state index contributed by atoms with van der Waals surface area (Å²) in [5.41, 5.74) is 0.870. The van der Waals surface area contributed by atoms with Crippen molar-refractivity contribution in [1.29, 1.82) is 0 Å². The Kier molecular flexibility index (Phi) is 4.12. The number of aromatic nitrogens is 2. The predicted molar refractivity (Wildman–Crippen MR) is 87.6 cm³/mol. The predicted octanol–water partition coefficient (Wildman–Crippen LogP) is 3.97. The number of halogens is 3. The third-order valence-corrected chi connectivity index (χ3v) is 3.45. The molecule has 1 N–H and O–H groups in total. The van der Waals surface area contributed by atoms with Crippen LogP contribution in [0.5, 0.6) is 11.5 Å². The fraction of sp³-hybridized carbons (Fsp3) is 0.176. The molecule has 0 bridgehead atoms. The molecular weight excluding hydrogens is 335 g/mol. The van der Waals surface area contributed by atoms with Gasteiger partial charge in [-0.25, -0.2) is 9.97 Å². The maximum absolute atomic E-state index is 12.4. The van der Waals surface area contributed by atoms with Gasteiger partial charge in [-0.3, -0.25) is 0 Å². The van der Waals surface area contributed by atoms with Crippen molar-refractivity contribution in [2.45, 2.75) is 6.36 Å². The molecule has 1 heterocycles. The van der Waals surface area contributed by atoms with E-state index in [4.69, 9.17) is 0 Å². The van der Waals surface area contributed by atoms with Gasteiger partial charge in [0, 0.05) is 19.5 Å². The van der Waals surface area contributed by atoms with Crippen LogP contribution >= 0.6 is 0 Å². The second kappa shape index (κ2) is 6.12. The van der Waals surface area contributed by atoms with Gasteiger partial charge in [0.1, 0.15) is 17.3 Å². The van der Waals surface area contributed by atoms with Crippen LogP contribution in [0.2, 0.25) is 0 Å². The molecule has 3 rings (SSSR count). The first kappa shape index (κ1) is 16.8. The Hall–Kier alpha value is -3.03. The summed E-state index contributed by atoms with van der Waals surface area (Å²) in [5.74, 6) is 0.361. The van der Waals surface area contributed by atoms with Gasteiger partial charge < -0.3 is 14.7 Å². The minimum absolute atomic E-state index is 0.0172. The molecule has 130 valence electrons. The highest BCUT2D eigenvalue weighted by atomic mass is 19.4. The molecule has 0 unspecified atom stereocenters. The highest BCUT2D eigenvalue weighted by Crippen LogP contribution is 2.33. The Labute approximate surface area is 141 Å². The number of phenolic OH excluding ortho intramolecular Hbond substituents is 1. The highest BCUT2D eigenvalue weighted by Gasteiger charge is 2.31. The van der Waals surface area contributed by atoms with Crippen LogP contribution in [0.4, 0.5) is 19.0 Å². The molecule has 3 aromatic rings. The molecule has 0 aliphatic carbocycles. The number of aromatic hydroxyl groups is 1. The van der Waals surface area contributed by atoms with Gasteiger partial charge in [-0.15, -0.1) is 13.2 Å². The topological polar surface area (TPSA) is 58.5 Å². The summed E-state index contributed by atoms with van der Waals surface area (Å²) in [5, 5.41) is 10.4. The van der Waals surface area contributed by atoms with Crippen molar-refractivity contribution in [1.82, 2.24) is 9.97 Å². The maximum atomic E-state index is 12.4. The monoisotopic (exact) mass is 349 g/mol. The Morgan fingerprint density at radius 1 is 1.04 bits per heavy atom.